The highest BCUT2D eigenvalue weighted by molar-refractivity contribution is 5.91. The number of amides is 1. The maximum absolute atomic E-state index is 12.6. The average molecular weight is 306 g/mol. The molecule has 1 amide bonds. The standard InChI is InChI=1S/C15H22N4O3/c1-15(2)11(12(15)14(21)22)13(20)19-6-4-18(5-7-19)10-8-16-17(3)9-10/h8-9,11-12H,4-7H2,1-3H3,(H,21,22)/t11-,12+/m0/s1. The van der Waals surface area contributed by atoms with Crippen LogP contribution in [-0.2, 0) is 16.6 Å². The maximum atomic E-state index is 12.6. The van der Waals surface area contributed by atoms with E-state index in [2.05, 4.69) is 10.00 Å². The van der Waals surface area contributed by atoms with Gasteiger partial charge in [0, 0.05) is 39.4 Å². The Morgan fingerprint density at radius 3 is 2.32 bits per heavy atom. The molecule has 1 saturated carbocycles. The lowest BCUT2D eigenvalue weighted by molar-refractivity contribution is -0.142. The predicted octanol–water partition coefficient (Wildman–Crippen LogP) is 0.425. The summed E-state index contributed by atoms with van der Waals surface area (Å²) < 4.78 is 1.76. The number of nitrogens with zero attached hydrogens (tertiary/aromatic N) is 4. The number of aliphatic carboxylic acids is 1. The van der Waals surface area contributed by atoms with Gasteiger partial charge in [-0.25, -0.2) is 0 Å². The molecule has 1 saturated heterocycles. The number of carboxylic acids is 1. The van der Waals surface area contributed by atoms with Crippen LogP contribution >= 0.6 is 0 Å². The number of anilines is 1. The van der Waals surface area contributed by atoms with Gasteiger partial charge in [0.1, 0.15) is 0 Å². The summed E-state index contributed by atoms with van der Waals surface area (Å²) in [6.07, 6.45) is 3.78. The summed E-state index contributed by atoms with van der Waals surface area (Å²) in [6.45, 7) is 6.49. The molecule has 0 radical (unpaired) electrons. The SMILES string of the molecule is Cn1cc(N2CCN(C(=O)[C@@H]3[C@H](C(=O)O)C3(C)C)CC2)cn1. The van der Waals surface area contributed by atoms with Gasteiger partial charge in [0.2, 0.25) is 5.91 Å². The van der Waals surface area contributed by atoms with Crippen molar-refractivity contribution in [1.29, 1.82) is 0 Å². The minimum atomic E-state index is -0.864. The largest absolute Gasteiger partial charge is 0.481 e. The van der Waals surface area contributed by atoms with E-state index in [1.165, 1.54) is 0 Å². The lowest BCUT2D eigenvalue weighted by Gasteiger charge is -2.35. The molecule has 120 valence electrons. The number of carbonyl (C=O) groups excluding carboxylic acids is 1. The quantitative estimate of drug-likeness (QED) is 0.876. The predicted molar refractivity (Wildman–Crippen MR) is 80.4 cm³/mol. The fraction of sp³-hybridized carbons (Fsp3) is 0.667. The summed E-state index contributed by atoms with van der Waals surface area (Å²) >= 11 is 0. The van der Waals surface area contributed by atoms with Crippen molar-refractivity contribution in [3.8, 4) is 0 Å². The van der Waals surface area contributed by atoms with Gasteiger partial charge in [-0.15, -0.1) is 0 Å². The fourth-order valence-corrected chi connectivity index (χ4v) is 3.51. The second-order valence-electron chi connectivity index (χ2n) is 6.80. The highest BCUT2D eigenvalue weighted by Crippen LogP contribution is 2.59. The molecular weight excluding hydrogens is 284 g/mol. The van der Waals surface area contributed by atoms with Crippen molar-refractivity contribution in [2.24, 2.45) is 24.3 Å². The third kappa shape index (κ3) is 2.34. The van der Waals surface area contributed by atoms with E-state index < -0.39 is 17.3 Å². The molecule has 3 rings (SSSR count). The van der Waals surface area contributed by atoms with E-state index in [1.54, 1.807) is 4.68 Å². The number of carboxylic acid groups (broad SMARTS) is 1. The zero-order chi connectivity index (χ0) is 16.1. The van der Waals surface area contributed by atoms with Gasteiger partial charge in [0.25, 0.3) is 0 Å². The first-order chi connectivity index (χ1) is 10.3. The van der Waals surface area contributed by atoms with Crippen LogP contribution in [0.4, 0.5) is 5.69 Å². The van der Waals surface area contributed by atoms with E-state index in [-0.39, 0.29) is 11.8 Å². The Kier molecular flexibility index (Phi) is 3.38. The van der Waals surface area contributed by atoms with E-state index in [4.69, 9.17) is 0 Å². The maximum Gasteiger partial charge on any atom is 0.307 e. The summed E-state index contributed by atoms with van der Waals surface area (Å²) in [5, 5.41) is 13.4. The van der Waals surface area contributed by atoms with Gasteiger partial charge in [-0.1, -0.05) is 13.8 Å². The molecule has 0 spiro atoms. The van der Waals surface area contributed by atoms with Crippen molar-refractivity contribution in [3.63, 3.8) is 0 Å². The van der Waals surface area contributed by atoms with E-state index in [9.17, 15) is 14.7 Å². The summed E-state index contributed by atoms with van der Waals surface area (Å²) in [5.74, 6) is -1.80. The molecule has 0 bridgehead atoms. The number of rotatable bonds is 3. The molecule has 0 unspecified atom stereocenters. The van der Waals surface area contributed by atoms with Crippen LogP contribution in [0.3, 0.4) is 0 Å². The van der Waals surface area contributed by atoms with Crippen molar-refractivity contribution < 1.29 is 14.7 Å². The van der Waals surface area contributed by atoms with Crippen LogP contribution in [-0.4, -0.2) is 57.8 Å². The zero-order valence-electron chi connectivity index (χ0n) is 13.2. The molecular formula is C15H22N4O3. The third-order valence-electron chi connectivity index (χ3n) is 5.01. The van der Waals surface area contributed by atoms with Gasteiger partial charge >= 0.3 is 5.97 Å². The van der Waals surface area contributed by atoms with E-state index in [0.29, 0.717) is 13.1 Å². The molecule has 2 fully saturated rings. The second-order valence-corrected chi connectivity index (χ2v) is 6.80. The van der Waals surface area contributed by atoms with Crippen molar-refractivity contribution in [2.75, 3.05) is 31.1 Å². The minimum absolute atomic E-state index is 0.0109. The van der Waals surface area contributed by atoms with Crippen molar-refractivity contribution in [2.45, 2.75) is 13.8 Å². The first-order valence-corrected chi connectivity index (χ1v) is 7.57. The minimum Gasteiger partial charge on any atom is -0.481 e. The van der Waals surface area contributed by atoms with Crippen LogP contribution in [0.1, 0.15) is 13.8 Å². The van der Waals surface area contributed by atoms with Crippen LogP contribution in [0.25, 0.3) is 0 Å². The van der Waals surface area contributed by atoms with Crippen LogP contribution in [0.2, 0.25) is 0 Å². The van der Waals surface area contributed by atoms with Crippen LogP contribution < -0.4 is 4.90 Å². The zero-order valence-corrected chi connectivity index (χ0v) is 13.2. The highest BCUT2D eigenvalue weighted by atomic mass is 16.4. The summed E-state index contributed by atoms with van der Waals surface area (Å²) in [4.78, 5) is 27.8. The van der Waals surface area contributed by atoms with Crippen molar-refractivity contribution in [1.82, 2.24) is 14.7 Å². The van der Waals surface area contributed by atoms with E-state index in [1.807, 2.05) is 38.2 Å². The Balaban J connectivity index is 1.60. The summed E-state index contributed by atoms with van der Waals surface area (Å²) in [7, 11) is 1.88. The number of aryl methyl sites for hydroxylation is 1. The normalized spacial score (nSPS) is 26.9. The topological polar surface area (TPSA) is 78.7 Å². The van der Waals surface area contributed by atoms with Crippen LogP contribution in [0, 0.1) is 17.3 Å². The lowest BCUT2D eigenvalue weighted by atomic mass is 10.1. The number of piperazine rings is 1. The molecule has 2 heterocycles. The molecule has 0 aromatic carbocycles. The van der Waals surface area contributed by atoms with E-state index >= 15 is 0 Å². The van der Waals surface area contributed by atoms with Gasteiger partial charge in [0.15, 0.2) is 0 Å². The first-order valence-electron chi connectivity index (χ1n) is 7.57. The molecule has 2 atom stereocenters. The Morgan fingerprint density at radius 1 is 1.23 bits per heavy atom. The van der Waals surface area contributed by atoms with Crippen molar-refractivity contribution in [3.05, 3.63) is 12.4 Å². The smallest absolute Gasteiger partial charge is 0.307 e. The molecule has 1 N–H and O–H groups in total. The molecule has 7 heteroatoms. The van der Waals surface area contributed by atoms with Gasteiger partial charge in [-0.2, -0.15) is 5.10 Å². The van der Waals surface area contributed by atoms with Gasteiger partial charge < -0.3 is 14.9 Å². The Bertz CT molecular complexity index is 602. The lowest BCUT2D eigenvalue weighted by Crippen LogP contribution is -2.49. The Labute approximate surface area is 129 Å². The number of hydrogen-bond acceptors (Lipinski definition) is 4. The molecule has 1 aliphatic carbocycles. The molecule has 22 heavy (non-hydrogen) atoms. The monoisotopic (exact) mass is 306 g/mol. The van der Waals surface area contributed by atoms with Gasteiger partial charge in [-0.3, -0.25) is 14.3 Å². The van der Waals surface area contributed by atoms with Crippen LogP contribution in [0.15, 0.2) is 12.4 Å². The summed E-state index contributed by atoms with van der Waals surface area (Å²) in [6, 6.07) is 0. The average Bonchev–Trinajstić information content (AvgIpc) is 2.81. The molecule has 1 aromatic rings. The highest BCUT2D eigenvalue weighted by Gasteiger charge is 2.66. The Morgan fingerprint density at radius 2 is 1.86 bits per heavy atom. The number of carbonyl (C=O) groups is 2. The fourth-order valence-electron chi connectivity index (χ4n) is 3.51. The Hall–Kier alpha value is -2.05. The second kappa shape index (κ2) is 5.00. The number of aromatic nitrogens is 2. The third-order valence-corrected chi connectivity index (χ3v) is 5.01. The number of hydrogen-bond donors (Lipinski definition) is 1. The van der Waals surface area contributed by atoms with Crippen molar-refractivity contribution >= 4 is 17.6 Å². The van der Waals surface area contributed by atoms with Gasteiger partial charge in [-0.05, 0) is 5.41 Å². The molecule has 2 aliphatic rings. The summed E-state index contributed by atoms with van der Waals surface area (Å²) in [5.41, 5.74) is 0.633. The molecule has 1 aliphatic heterocycles. The molecule has 7 nitrogen and oxygen atoms in total. The van der Waals surface area contributed by atoms with E-state index in [0.717, 1.165) is 18.8 Å². The molecule has 1 aromatic heterocycles. The van der Waals surface area contributed by atoms with Gasteiger partial charge in [0.05, 0.1) is 23.7 Å². The van der Waals surface area contributed by atoms with Crippen LogP contribution in [0.5, 0.6) is 0 Å². The first kappa shape index (κ1) is 14.9.